The van der Waals surface area contributed by atoms with Gasteiger partial charge in [-0.3, -0.25) is 0 Å². The molecule has 1 aliphatic heterocycles. The zero-order valence-electron chi connectivity index (χ0n) is 8.64. The van der Waals surface area contributed by atoms with E-state index in [0.29, 0.717) is 12.2 Å². The molecule has 0 bridgehead atoms. The highest BCUT2D eigenvalue weighted by Gasteiger charge is 2.58. The van der Waals surface area contributed by atoms with E-state index in [1.807, 2.05) is 6.07 Å². The molecule has 1 saturated carbocycles. The Bertz CT molecular complexity index is 467. The maximum atomic E-state index is 11.0. The van der Waals surface area contributed by atoms with Gasteiger partial charge in [0.05, 0.1) is 5.56 Å². The van der Waals surface area contributed by atoms with Gasteiger partial charge in [-0.05, 0) is 30.9 Å². The molecular weight excluding hydrogens is 207 g/mol. The van der Waals surface area contributed by atoms with Crippen LogP contribution in [0.5, 0.6) is 5.75 Å². The third-order valence-electron chi connectivity index (χ3n) is 3.52. The SMILES string of the molecule is O=C(O)c1cccc2c1OB(O)C1(CC1)C2. The van der Waals surface area contributed by atoms with E-state index in [4.69, 9.17) is 9.76 Å². The van der Waals surface area contributed by atoms with Crippen molar-refractivity contribution < 1.29 is 19.6 Å². The summed E-state index contributed by atoms with van der Waals surface area (Å²) in [6.45, 7) is 0. The Morgan fingerprint density at radius 3 is 2.81 bits per heavy atom. The smallest absolute Gasteiger partial charge is 0.529 e. The van der Waals surface area contributed by atoms with Crippen LogP contribution in [-0.4, -0.2) is 23.2 Å². The van der Waals surface area contributed by atoms with Gasteiger partial charge in [-0.1, -0.05) is 12.1 Å². The van der Waals surface area contributed by atoms with Crippen molar-refractivity contribution in [2.24, 2.45) is 0 Å². The standard InChI is InChI=1S/C11H11BO4/c13-10(14)8-3-1-2-7-6-11(4-5-11)12(15)16-9(7)8/h1-3,15H,4-6H2,(H,13,14). The number of carbonyl (C=O) groups is 1. The predicted octanol–water partition coefficient (Wildman–Crippen LogP) is 1.33. The molecule has 0 saturated heterocycles. The first-order chi connectivity index (χ1) is 7.62. The van der Waals surface area contributed by atoms with Crippen molar-refractivity contribution in [2.45, 2.75) is 24.6 Å². The van der Waals surface area contributed by atoms with Crippen LogP contribution in [0.2, 0.25) is 5.31 Å². The van der Waals surface area contributed by atoms with E-state index in [1.165, 1.54) is 6.07 Å². The number of rotatable bonds is 1. The molecule has 82 valence electrons. The topological polar surface area (TPSA) is 66.8 Å². The number of carboxylic acids is 1. The summed E-state index contributed by atoms with van der Waals surface area (Å²) in [6, 6.07) is 5.09. The lowest BCUT2D eigenvalue weighted by Crippen LogP contribution is -2.35. The van der Waals surface area contributed by atoms with Crippen LogP contribution in [-0.2, 0) is 6.42 Å². The van der Waals surface area contributed by atoms with Crippen LogP contribution in [0, 0.1) is 0 Å². The second-order valence-electron chi connectivity index (χ2n) is 4.61. The minimum atomic E-state index is -1.02. The summed E-state index contributed by atoms with van der Waals surface area (Å²) in [6.07, 6.45) is 2.61. The first-order valence-electron chi connectivity index (χ1n) is 5.32. The van der Waals surface area contributed by atoms with Crippen LogP contribution in [0.4, 0.5) is 0 Å². The van der Waals surface area contributed by atoms with Crippen molar-refractivity contribution in [3.8, 4) is 5.75 Å². The number of hydrogen-bond donors (Lipinski definition) is 2. The summed E-state index contributed by atoms with van der Waals surface area (Å²) in [5.41, 5.74) is 1.02. The van der Waals surface area contributed by atoms with Crippen LogP contribution in [0.3, 0.4) is 0 Å². The lowest BCUT2D eigenvalue weighted by molar-refractivity contribution is 0.0694. The third kappa shape index (κ3) is 1.24. The van der Waals surface area contributed by atoms with E-state index < -0.39 is 13.1 Å². The molecule has 1 aromatic rings. The van der Waals surface area contributed by atoms with Gasteiger partial charge in [0.15, 0.2) is 0 Å². The maximum absolute atomic E-state index is 11.0. The molecule has 2 N–H and O–H groups in total. The number of fused-ring (bicyclic) bond motifs is 1. The van der Waals surface area contributed by atoms with E-state index in [2.05, 4.69) is 0 Å². The third-order valence-corrected chi connectivity index (χ3v) is 3.52. The molecule has 16 heavy (non-hydrogen) atoms. The van der Waals surface area contributed by atoms with Gasteiger partial charge in [-0.25, -0.2) is 4.79 Å². The Balaban J connectivity index is 2.08. The van der Waals surface area contributed by atoms with Gasteiger partial charge in [-0.15, -0.1) is 0 Å². The molecule has 4 nitrogen and oxygen atoms in total. The van der Waals surface area contributed by atoms with E-state index in [-0.39, 0.29) is 10.9 Å². The van der Waals surface area contributed by atoms with Crippen molar-refractivity contribution in [3.05, 3.63) is 29.3 Å². The lowest BCUT2D eigenvalue weighted by atomic mass is 9.63. The van der Waals surface area contributed by atoms with Gasteiger partial charge in [0.1, 0.15) is 5.75 Å². The van der Waals surface area contributed by atoms with E-state index in [1.54, 1.807) is 6.07 Å². The molecule has 0 amide bonds. The minimum absolute atomic E-state index is 0.132. The molecule has 1 fully saturated rings. The lowest BCUT2D eigenvalue weighted by Gasteiger charge is -2.28. The van der Waals surface area contributed by atoms with Crippen LogP contribution in [0.15, 0.2) is 18.2 Å². The van der Waals surface area contributed by atoms with Crippen molar-refractivity contribution >= 4 is 13.1 Å². The normalized spacial score (nSPS) is 20.2. The number of para-hydroxylation sites is 1. The largest absolute Gasteiger partial charge is 0.535 e. The highest BCUT2D eigenvalue weighted by Crippen LogP contribution is 2.60. The monoisotopic (exact) mass is 218 g/mol. The summed E-state index contributed by atoms with van der Waals surface area (Å²) in [7, 11) is -0.861. The van der Waals surface area contributed by atoms with Gasteiger partial charge < -0.3 is 14.8 Å². The molecular formula is C11H11BO4. The summed E-state index contributed by atoms with van der Waals surface area (Å²) in [4.78, 5) is 11.0. The van der Waals surface area contributed by atoms with E-state index in [0.717, 1.165) is 18.4 Å². The molecule has 0 unspecified atom stereocenters. The van der Waals surface area contributed by atoms with Crippen LogP contribution in [0.1, 0.15) is 28.8 Å². The molecule has 0 aromatic heterocycles. The number of carboxylic acid groups (broad SMARTS) is 1. The summed E-state index contributed by atoms with van der Waals surface area (Å²) in [5.74, 6) is -0.684. The maximum Gasteiger partial charge on any atom is 0.529 e. The molecule has 5 heteroatoms. The molecule has 1 spiro atoms. The molecule has 0 atom stereocenters. The Kier molecular flexibility index (Phi) is 1.83. The van der Waals surface area contributed by atoms with Crippen molar-refractivity contribution in [3.63, 3.8) is 0 Å². The molecule has 1 heterocycles. The Morgan fingerprint density at radius 2 is 2.19 bits per heavy atom. The highest BCUT2D eigenvalue weighted by atomic mass is 16.5. The zero-order valence-corrected chi connectivity index (χ0v) is 8.64. The number of hydrogen-bond acceptors (Lipinski definition) is 3. The van der Waals surface area contributed by atoms with E-state index >= 15 is 0 Å². The zero-order chi connectivity index (χ0) is 11.3. The average molecular weight is 218 g/mol. The van der Waals surface area contributed by atoms with Crippen molar-refractivity contribution in [1.82, 2.24) is 0 Å². The first-order valence-corrected chi connectivity index (χ1v) is 5.32. The highest BCUT2D eigenvalue weighted by molar-refractivity contribution is 6.50. The quantitative estimate of drug-likeness (QED) is 0.697. The van der Waals surface area contributed by atoms with Gasteiger partial charge in [-0.2, -0.15) is 0 Å². The Labute approximate surface area is 93.0 Å². The Morgan fingerprint density at radius 1 is 1.44 bits per heavy atom. The van der Waals surface area contributed by atoms with Crippen molar-refractivity contribution in [1.29, 1.82) is 0 Å². The Hall–Kier alpha value is -1.49. The van der Waals surface area contributed by atoms with Gasteiger partial charge in [0, 0.05) is 5.31 Å². The second kappa shape index (κ2) is 3.01. The molecule has 2 aliphatic rings. The summed E-state index contributed by atoms with van der Waals surface area (Å²) >= 11 is 0. The summed E-state index contributed by atoms with van der Waals surface area (Å²) in [5, 5.41) is 18.7. The first kappa shape index (κ1) is 9.72. The van der Waals surface area contributed by atoms with Crippen LogP contribution in [0.25, 0.3) is 0 Å². The molecule has 0 radical (unpaired) electrons. The molecule has 3 rings (SSSR count). The van der Waals surface area contributed by atoms with Gasteiger partial charge in [0.25, 0.3) is 0 Å². The second-order valence-corrected chi connectivity index (χ2v) is 4.61. The number of benzene rings is 1. The van der Waals surface area contributed by atoms with Crippen LogP contribution >= 0.6 is 0 Å². The van der Waals surface area contributed by atoms with Gasteiger partial charge in [0.2, 0.25) is 0 Å². The molecule has 1 aliphatic carbocycles. The van der Waals surface area contributed by atoms with Crippen LogP contribution < -0.4 is 4.65 Å². The molecule has 1 aromatic carbocycles. The fourth-order valence-corrected chi connectivity index (χ4v) is 2.32. The number of aromatic carboxylic acids is 1. The predicted molar refractivity (Wildman–Crippen MR) is 57.6 cm³/mol. The van der Waals surface area contributed by atoms with E-state index in [9.17, 15) is 9.82 Å². The minimum Gasteiger partial charge on any atom is -0.535 e. The fourth-order valence-electron chi connectivity index (χ4n) is 2.32. The fraction of sp³-hybridized carbons (Fsp3) is 0.364. The summed E-state index contributed by atoms with van der Waals surface area (Å²) < 4.78 is 5.38. The average Bonchev–Trinajstić information content (AvgIpc) is 3.00. The van der Waals surface area contributed by atoms with Crippen molar-refractivity contribution in [2.75, 3.05) is 0 Å². The van der Waals surface area contributed by atoms with Gasteiger partial charge >= 0.3 is 13.1 Å².